The molecule has 1 heterocycles. The van der Waals surface area contributed by atoms with Gasteiger partial charge in [0.25, 0.3) is 0 Å². The van der Waals surface area contributed by atoms with Crippen LogP contribution in [0.4, 0.5) is 0 Å². The lowest BCUT2D eigenvalue weighted by molar-refractivity contribution is -0.123. The maximum absolute atomic E-state index is 11.7. The highest BCUT2D eigenvalue weighted by Crippen LogP contribution is 2.06. The molecule has 1 amide bonds. The van der Waals surface area contributed by atoms with E-state index < -0.39 is 6.04 Å². The Kier molecular flexibility index (Phi) is 8.43. The maximum Gasteiger partial charge on any atom is 0.237 e. The Labute approximate surface area is 121 Å². The van der Waals surface area contributed by atoms with Crippen molar-refractivity contribution >= 4 is 18.3 Å². The molecule has 1 aromatic heterocycles. The second kappa shape index (κ2) is 8.93. The standard InChI is InChI=1S/C13H24N4O.ClH/c1-4-9(2)12(14)13(18)15-7-5-6-11-8-16-17-10(11)3;/h8-9,12H,4-7,14H2,1-3H3,(H,15,18)(H,16,17);1H. The third kappa shape index (κ3) is 5.61. The van der Waals surface area contributed by atoms with Gasteiger partial charge in [-0.2, -0.15) is 5.10 Å². The van der Waals surface area contributed by atoms with Gasteiger partial charge in [0, 0.05) is 12.2 Å². The first-order valence-electron chi connectivity index (χ1n) is 6.58. The van der Waals surface area contributed by atoms with Gasteiger partial charge in [-0.05, 0) is 31.2 Å². The molecule has 2 unspecified atom stereocenters. The molecule has 6 heteroatoms. The number of nitrogens with two attached hydrogens (primary N) is 1. The van der Waals surface area contributed by atoms with Crippen LogP contribution in [0.25, 0.3) is 0 Å². The van der Waals surface area contributed by atoms with Crippen molar-refractivity contribution in [2.75, 3.05) is 6.54 Å². The van der Waals surface area contributed by atoms with E-state index in [2.05, 4.69) is 15.5 Å². The van der Waals surface area contributed by atoms with E-state index in [1.807, 2.05) is 27.0 Å². The van der Waals surface area contributed by atoms with Gasteiger partial charge >= 0.3 is 0 Å². The van der Waals surface area contributed by atoms with Gasteiger partial charge in [0.1, 0.15) is 0 Å². The van der Waals surface area contributed by atoms with Crippen LogP contribution in [0, 0.1) is 12.8 Å². The van der Waals surface area contributed by atoms with Crippen LogP contribution in [0.1, 0.15) is 37.9 Å². The summed E-state index contributed by atoms with van der Waals surface area (Å²) in [7, 11) is 0. The molecule has 0 saturated heterocycles. The number of amides is 1. The average molecular weight is 289 g/mol. The monoisotopic (exact) mass is 288 g/mol. The molecule has 0 bridgehead atoms. The molecule has 19 heavy (non-hydrogen) atoms. The highest BCUT2D eigenvalue weighted by Gasteiger charge is 2.18. The largest absolute Gasteiger partial charge is 0.355 e. The second-order valence-electron chi connectivity index (χ2n) is 4.83. The molecule has 110 valence electrons. The zero-order valence-electron chi connectivity index (χ0n) is 11.9. The highest BCUT2D eigenvalue weighted by molar-refractivity contribution is 5.85. The zero-order chi connectivity index (χ0) is 13.5. The summed E-state index contributed by atoms with van der Waals surface area (Å²) in [6.45, 7) is 6.70. The number of aryl methyl sites for hydroxylation is 2. The summed E-state index contributed by atoms with van der Waals surface area (Å²) < 4.78 is 0. The fraction of sp³-hybridized carbons (Fsp3) is 0.692. The first-order valence-corrected chi connectivity index (χ1v) is 6.58. The Morgan fingerprint density at radius 1 is 1.58 bits per heavy atom. The maximum atomic E-state index is 11.7. The van der Waals surface area contributed by atoms with E-state index in [1.165, 1.54) is 5.56 Å². The number of halogens is 1. The number of rotatable bonds is 7. The van der Waals surface area contributed by atoms with E-state index in [-0.39, 0.29) is 24.2 Å². The Hall–Kier alpha value is -1.07. The number of carbonyl (C=O) groups excluding carboxylic acids is 1. The minimum atomic E-state index is -0.398. The molecule has 1 aromatic rings. The molecular weight excluding hydrogens is 264 g/mol. The molecule has 0 spiro atoms. The second-order valence-corrected chi connectivity index (χ2v) is 4.83. The SMILES string of the molecule is CCC(C)C(N)C(=O)NCCCc1cn[nH]c1C.Cl. The van der Waals surface area contributed by atoms with Gasteiger partial charge in [-0.1, -0.05) is 20.3 Å². The van der Waals surface area contributed by atoms with Crippen molar-refractivity contribution < 1.29 is 4.79 Å². The Morgan fingerprint density at radius 3 is 2.79 bits per heavy atom. The topological polar surface area (TPSA) is 83.8 Å². The number of hydrogen-bond acceptors (Lipinski definition) is 3. The van der Waals surface area contributed by atoms with E-state index in [9.17, 15) is 4.79 Å². The van der Waals surface area contributed by atoms with E-state index >= 15 is 0 Å². The molecule has 0 saturated carbocycles. The van der Waals surface area contributed by atoms with Crippen LogP contribution >= 0.6 is 12.4 Å². The molecule has 0 aliphatic heterocycles. The van der Waals surface area contributed by atoms with Gasteiger partial charge in [0.2, 0.25) is 5.91 Å². The van der Waals surface area contributed by atoms with E-state index in [0.29, 0.717) is 6.54 Å². The predicted octanol–water partition coefficient (Wildman–Crippen LogP) is 1.56. The number of nitrogens with one attached hydrogen (secondary N) is 2. The number of aromatic nitrogens is 2. The van der Waals surface area contributed by atoms with Crippen molar-refractivity contribution in [1.82, 2.24) is 15.5 Å². The van der Waals surface area contributed by atoms with Crippen molar-refractivity contribution in [2.24, 2.45) is 11.7 Å². The van der Waals surface area contributed by atoms with E-state index in [4.69, 9.17) is 5.73 Å². The molecule has 5 nitrogen and oxygen atoms in total. The highest BCUT2D eigenvalue weighted by atomic mass is 35.5. The predicted molar refractivity (Wildman–Crippen MR) is 79.3 cm³/mol. The number of H-pyrrole nitrogens is 1. The molecular formula is C13H25ClN4O. The molecule has 2 atom stereocenters. The Bertz CT molecular complexity index is 380. The summed E-state index contributed by atoms with van der Waals surface area (Å²) in [6.07, 6.45) is 4.57. The van der Waals surface area contributed by atoms with E-state index in [0.717, 1.165) is 25.0 Å². The van der Waals surface area contributed by atoms with Gasteiger partial charge in [-0.15, -0.1) is 12.4 Å². The van der Waals surface area contributed by atoms with Gasteiger partial charge < -0.3 is 11.1 Å². The van der Waals surface area contributed by atoms with Gasteiger partial charge in [-0.3, -0.25) is 9.89 Å². The van der Waals surface area contributed by atoms with E-state index in [1.54, 1.807) is 0 Å². The van der Waals surface area contributed by atoms with Crippen LogP contribution in [-0.4, -0.2) is 28.7 Å². The third-order valence-corrected chi connectivity index (χ3v) is 3.42. The Balaban J connectivity index is 0.00000324. The number of nitrogens with zero attached hydrogens (tertiary/aromatic N) is 1. The third-order valence-electron chi connectivity index (χ3n) is 3.42. The Morgan fingerprint density at radius 2 is 2.26 bits per heavy atom. The summed E-state index contributed by atoms with van der Waals surface area (Å²) >= 11 is 0. The summed E-state index contributed by atoms with van der Waals surface area (Å²) in [5, 5.41) is 9.75. The summed E-state index contributed by atoms with van der Waals surface area (Å²) in [4.78, 5) is 11.7. The minimum absolute atomic E-state index is 0. The molecule has 0 aromatic carbocycles. The smallest absolute Gasteiger partial charge is 0.237 e. The van der Waals surface area contributed by atoms with Gasteiger partial charge in [0.05, 0.1) is 12.2 Å². The minimum Gasteiger partial charge on any atom is -0.355 e. The van der Waals surface area contributed by atoms with Crippen LogP contribution in [0.3, 0.4) is 0 Å². The number of hydrogen-bond donors (Lipinski definition) is 3. The number of carbonyl (C=O) groups is 1. The molecule has 1 rings (SSSR count). The van der Waals surface area contributed by atoms with Crippen molar-refractivity contribution in [2.45, 2.75) is 46.1 Å². The van der Waals surface area contributed by atoms with Crippen molar-refractivity contribution in [3.63, 3.8) is 0 Å². The summed E-state index contributed by atoms with van der Waals surface area (Å²) in [5.74, 6) is 0.175. The zero-order valence-corrected chi connectivity index (χ0v) is 12.7. The summed E-state index contributed by atoms with van der Waals surface area (Å²) in [5.41, 5.74) is 8.14. The first kappa shape index (κ1) is 17.9. The lowest BCUT2D eigenvalue weighted by atomic mass is 9.99. The molecule has 0 aliphatic rings. The van der Waals surface area contributed by atoms with Crippen LogP contribution in [-0.2, 0) is 11.2 Å². The quantitative estimate of drug-likeness (QED) is 0.666. The normalized spacial score (nSPS) is 13.5. The van der Waals surface area contributed by atoms with Gasteiger partial charge in [-0.25, -0.2) is 0 Å². The molecule has 0 fully saturated rings. The summed E-state index contributed by atoms with van der Waals surface area (Å²) in [6, 6.07) is -0.398. The van der Waals surface area contributed by atoms with Crippen molar-refractivity contribution in [3.05, 3.63) is 17.5 Å². The molecule has 0 aliphatic carbocycles. The van der Waals surface area contributed by atoms with Crippen LogP contribution < -0.4 is 11.1 Å². The van der Waals surface area contributed by atoms with Crippen LogP contribution in [0.2, 0.25) is 0 Å². The fourth-order valence-corrected chi connectivity index (χ4v) is 1.75. The average Bonchev–Trinajstić information content (AvgIpc) is 2.78. The van der Waals surface area contributed by atoms with Crippen molar-refractivity contribution in [1.29, 1.82) is 0 Å². The number of aromatic amines is 1. The fourth-order valence-electron chi connectivity index (χ4n) is 1.75. The van der Waals surface area contributed by atoms with Crippen LogP contribution in [0.15, 0.2) is 6.20 Å². The molecule has 0 radical (unpaired) electrons. The first-order chi connectivity index (χ1) is 8.56. The van der Waals surface area contributed by atoms with Crippen molar-refractivity contribution in [3.8, 4) is 0 Å². The van der Waals surface area contributed by atoms with Crippen LogP contribution in [0.5, 0.6) is 0 Å². The molecule has 4 N–H and O–H groups in total. The lowest BCUT2D eigenvalue weighted by Crippen LogP contribution is -2.44. The van der Waals surface area contributed by atoms with Gasteiger partial charge in [0.15, 0.2) is 0 Å². The lowest BCUT2D eigenvalue weighted by Gasteiger charge is -2.17.